The molecule has 144 valence electrons. The zero-order valence-electron chi connectivity index (χ0n) is 15.2. The highest BCUT2D eigenvalue weighted by Gasteiger charge is 2.28. The van der Waals surface area contributed by atoms with E-state index in [9.17, 15) is 13.6 Å². The normalized spacial score (nSPS) is 20.3. The van der Waals surface area contributed by atoms with Gasteiger partial charge in [-0.3, -0.25) is 4.79 Å². The summed E-state index contributed by atoms with van der Waals surface area (Å²) in [6.07, 6.45) is -0.463. The second-order valence-corrected chi connectivity index (χ2v) is 7.29. The van der Waals surface area contributed by atoms with Crippen LogP contribution in [0.1, 0.15) is 42.2 Å². The van der Waals surface area contributed by atoms with Gasteiger partial charge >= 0.3 is 6.43 Å². The van der Waals surface area contributed by atoms with Crippen LogP contribution < -0.4 is 0 Å². The lowest BCUT2D eigenvalue weighted by molar-refractivity contribution is -0.133. The number of rotatable bonds is 4. The first-order valence-corrected chi connectivity index (χ1v) is 9.22. The maximum atomic E-state index is 12.6. The van der Waals surface area contributed by atoms with Gasteiger partial charge in [-0.1, -0.05) is 17.3 Å². The highest BCUT2D eigenvalue weighted by atomic mass is 19.3. The van der Waals surface area contributed by atoms with E-state index in [1.54, 1.807) is 0 Å². The number of nitrogens with zero attached hydrogens (tertiary/aromatic N) is 4. The number of aromatic nitrogens is 2. The van der Waals surface area contributed by atoms with Gasteiger partial charge in [-0.15, -0.1) is 0 Å². The molecule has 4 rings (SSSR count). The lowest BCUT2D eigenvalue weighted by atomic mass is 9.96. The molecule has 0 unspecified atom stereocenters. The standard InChI is InChI=1S/C19H22F2N4O2/c1-24-6-8-25(9-7-24)16(26)11-13-3-2-12-10-14(4-5-15(12)13)18-22-19(17(20)21)27-23-18/h4-5,10,13,17H,2-3,6-9,11H2,1H3/t13-/m0/s1. The van der Waals surface area contributed by atoms with Gasteiger partial charge in [0.15, 0.2) is 0 Å². The number of carbonyl (C=O) groups is 1. The molecule has 0 bridgehead atoms. The molecule has 1 saturated heterocycles. The van der Waals surface area contributed by atoms with E-state index < -0.39 is 12.3 Å². The predicted octanol–water partition coefficient (Wildman–Crippen LogP) is 2.87. The molecule has 1 fully saturated rings. The molecule has 0 N–H and O–H groups in total. The molecule has 1 atom stereocenters. The smallest absolute Gasteiger partial charge is 0.315 e. The molecule has 1 aromatic heterocycles. The minimum absolute atomic E-state index is 0.171. The maximum Gasteiger partial charge on any atom is 0.315 e. The van der Waals surface area contributed by atoms with Crippen molar-refractivity contribution in [2.45, 2.75) is 31.6 Å². The Labute approximate surface area is 156 Å². The largest absolute Gasteiger partial charge is 0.340 e. The molecule has 0 saturated carbocycles. The Morgan fingerprint density at radius 1 is 1.30 bits per heavy atom. The minimum atomic E-state index is -2.77. The number of likely N-dealkylation sites (N-methyl/N-ethyl adjacent to an activating group) is 1. The number of benzene rings is 1. The highest BCUT2D eigenvalue weighted by molar-refractivity contribution is 5.77. The fourth-order valence-corrected chi connectivity index (χ4v) is 3.89. The molecule has 6 nitrogen and oxygen atoms in total. The second-order valence-electron chi connectivity index (χ2n) is 7.29. The Hall–Kier alpha value is -2.35. The fraction of sp³-hybridized carbons (Fsp3) is 0.526. The van der Waals surface area contributed by atoms with Crippen molar-refractivity contribution in [2.24, 2.45) is 0 Å². The summed E-state index contributed by atoms with van der Waals surface area (Å²) >= 11 is 0. The SMILES string of the molecule is CN1CCN(C(=O)C[C@@H]2CCc3cc(-c4noc(C(F)F)n4)ccc32)CC1. The van der Waals surface area contributed by atoms with E-state index in [2.05, 4.69) is 26.6 Å². The van der Waals surface area contributed by atoms with Crippen LogP contribution in [0.3, 0.4) is 0 Å². The van der Waals surface area contributed by atoms with Gasteiger partial charge in [0.25, 0.3) is 5.89 Å². The summed E-state index contributed by atoms with van der Waals surface area (Å²) in [7, 11) is 2.07. The number of halogens is 2. The molecule has 27 heavy (non-hydrogen) atoms. The van der Waals surface area contributed by atoms with Crippen LogP contribution in [0.4, 0.5) is 8.78 Å². The molecule has 1 aromatic carbocycles. The summed E-state index contributed by atoms with van der Waals surface area (Å²) in [5.41, 5.74) is 2.96. The third-order valence-electron chi connectivity index (χ3n) is 5.51. The number of hydrogen-bond donors (Lipinski definition) is 0. The van der Waals surface area contributed by atoms with Gasteiger partial charge in [-0.25, -0.2) is 0 Å². The Kier molecular flexibility index (Phi) is 4.90. The third kappa shape index (κ3) is 3.71. The average molecular weight is 376 g/mol. The molecule has 0 spiro atoms. The summed E-state index contributed by atoms with van der Waals surface area (Å²) in [6, 6.07) is 5.71. The van der Waals surface area contributed by atoms with Gasteiger partial charge in [0.05, 0.1) is 0 Å². The molecule has 1 amide bonds. The molecular weight excluding hydrogens is 354 g/mol. The van der Waals surface area contributed by atoms with Crippen LogP contribution in [-0.4, -0.2) is 59.1 Å². The summed E-state index contributed by atoms with van der Waals surface area (Å²) < 4.78 is 29.8. The van der Waals surface area contributed by atoms with Crippen LogP contribution >= 0.6 is 0 Å². The van der Waals surface area contributed by atoms with E-state index in [4.69, 9.17) is 0 Å². The number of hydrogen-bond acceptors (Lipinski definition) is 5. The molecule has 1 aliphatic heterocycles. The Bertz CT molecular complexity index is 831. The molecule has 1 aliphatic carbocycles. The Morgan fingerprint density at radius 3 is 2.78 bits per heavy atom. The lowest BCUT2D eigenvalue weighted by Crippen LogP contribution is -2.47. The minimum Gasteiger partial charge on any atom is -0.340 e. The lowest BCUT2D eigenvalue weighted by Gasteiger charge is -2.33. The summed E-state index contributed by atoms with van der Waals surface area (Å²) in [4.78, 5) is 20.6. The van der Waals surface area contributed by atoms with Crippen LogP contribution in [0.2, 0.25) is 0 Å². The average Bonchev–Trinajstić information content (AvgIpc) is 3.29. The quantitative estimate of drug-likeness (QED) is 0.821. The van der Waals surface area contributed by atoms with Gasteiger partial charge in [0.2, 0.25) is 11.7 Å². The number of carbonyl (C=O) groups excluding carboxylic acids is 1. The molecule has 2 aliphatic rings. The van der Waals surface area contributed by atoms with Crippen molar-refractivity contribution >= 4 is 5.91 Å². The van der Waals surface area contributed by atoms with Crippen LogP contribution in [0.5, 0.6) is 0 Å². The first-order chi connectivity index (χ1) is 13.0. The van der Waals surface area contributed by atoms with Crippen molar-refractivity contribution in [3.05, 3.63) is 35.2 Å². The monoisotopic (exact) mass is 376 g/mol. The third-order valence-corrected chi connectivity index (χ3v) is 5.51. The van der Waals surface area contributed by atoms with Crippen LogP contribution in [-0.2, 0) is 11.2 Å². The molecule has 0 radical (unpaired) electrons. The highest BCUT2D eigenvalue weighted by Crippen LogP contribution is 2.38. The maximum absolute atomic E-state index is 12.6. The molecular formula is C19H22F2N4O2. The van der Waals surface area contributed by atoms with Gasteiger partial charge in [0.1, 0.15) is 0 Å². The van der Waals surface area contributed by atoms with Crippen molar-refractivity contribution in [1.82, 2.24) is 19.9 Å². The van der Waals surface area contributed by atoms with Crippen LogP contribution in [0, 0.1) is 0 Å². The first kappa shape index (κ1) is 18.0. The van der Waals surface area contributed by atoms with E-state index in [0.29, 0.717) is 12.0 Å². The number of alkyl halides is 2. The van der Waals surface area contributed by atoms with Crippen LogP contribution in [0.25, 0.3) is 11.4 Å². The molecule has 8 heteroatoms. The number of piperazine rings is 1. The first-order valence-electron chi connectivity index (χ1n) is 9.22. The van der Waals surface area contributed by atoms with Crippen molar-refractivity contribution in [2.75, 3.05) is 33.2 Å². The zero-order chi connectivity index (χ0) is 19.0. The Morgan fingerprint density at radius 2 is 2.07 bits per heavy atom. The summed E-state index contributed by atoms with van der Waals surface area (Å²) in [5, 5.41) is 3.64. The van der Waals surface area contributed by atoms with Crippen molar-refractivity contribution < 1.29 is 18.1 Å². The summed E-state index contributed by atoms with van der Waals surface area (Å²) in [6.45, 7) is 3.42. The molecule has 2 heterocycles. The summed E-state index contributed by atoms with van der Waals surface area (Å²) in [5.74, 6) is -0.0703. The van der Waals surface area contributed by atoms with Crippen molar-refractivity contribution in [3.63, 3.8) is 0 Å². The Balaban J connectivity index is 1.45. The van der Waals surface area contributed by atoms with E-state index >= 15 is 0 Å². The number of aryl methyl sites for hydroxylation is 1. The van der Waals surface area contributed by atoms with Crippen molar-refractivity contribution in [1.29, 1.82) is 0 Å². The number of fused-ring (bicyclic) bond motifs is 1. The second kappa shape index (κ2) is 7.34. The van der Waals surface area contributed by atoms with Gasteiger partial charge < -0.3 is 14.3 Å². The van der Waals surface area contributed by atoms with E-state index in [1.807, 2.05) is 23.1 Å². The molecule has 2 aromatic rings. The van der Waals surface area contributed by atoms with Gasteiger partial charge in [-0.05, 0) is 43.0 Å². The van der Waals surface area contributed by atoms with Crippen LogP contribution in [0.15, 0.2) is 22.7 Å². The predicted molar refractivity (Wildman–Crippen MR) is 94.4 cm³/mol. The van der Waals surface area contributed by atoms with Crippen molar-refractivity contribution in [3.8, 4) is 11.4 Å². The van der Waals surface area contributed by atoms with E-state index in [0.717, 1.165) is 44.6 Å². The van der Waals surface area contributed by atoms with Gasteiger partial charge in [-0.2, -0.15) is 13.8 Å². The van der Waals surface area contributed by atoms with Gasteiger partial charge in [0, 0.05) is 38.2 Å². The van der Waals surface area contributed by atoms with E-state index in [1.165, 1.54) is 5.56 Å². The van der Waals surface area contributed by atoms with E-state index in [-0.39, 0.29) is 17.6 Å². The zero-order valence-corrected chi connectivity index (χ0v) is 15.2. The fourth-order valence-electron chi connectivity index (χ4n) is 3.89. The topological polar surface area (TPSA) is 62.5 Å². The number of amides is 1.